The minimum absolute atomic E-state index is 0.283. The first-order chi connectivity index (χ1) is 9.10. The number of benzene rings is 1. The summed E-state index contributed by atoms with van der Waals surface area (Å²) in [5.74, 6) is 2.53. The summed E-state index contributed by atoms with van der Waals surface area (Å²) in [5.41, 5.74) is 6.48. The van der Waals surface area contributed by atoms with Gasteiger partial charge in [-0.3, -0.25) is 0 Å². The molecule has 0 bridgehead atoms. The molecule has 19 heavy (non-hydrogen) atoms. The average Bonchev–Trinajstić information content (AvgIpc) is 2.39. The Morgan fingerprint density at radius 2 is 1.89 bits per heavy atom. The third kappa shape index (κ3) is 5.43. The Balaban J connectivity index is 2.54. The van der Waals surface area contributed by atoms with Crippen molar-refractivity contribution in [2.24, 2.45) is 5.73 Å². The monoisotopic (exact) mass is 280 g/mol. The average molecular weight is 280 g/mol. The van der Waals surface area contributed by atoms with Gasteiger partial charge in [0.15, 0.2) is 0 Å². The molecule has 0 aliphatic heterocycles. The summed E-state index contributed by atoms with van der Waals surface area (Å²) in [4.78, 5) is 0.283. The molecular formula is C14H20N2O2S. The number of sulfonamides is 1. The van der Waals surface area contributed by atoms with E-state index in [1.807, 2.05) is 0 Å². The first kappa shape index (κ1) is 15.7. The van der Waals surface area contributed by atoms with E-state index in [-0.39, 0.29) is 4.90 Å². The van der Waals surface area contributed by atoms with Gasteiger partial charge < -0.3 is 5.73 Å². The van der Waals surface area contributed by atoms with Crippen molar-refractivity contribution in [1.82, 2.24) is 4.72 Å². The van der Waals surface area contributed by atoms with E-state index in [9.17, 15) is 8.42 Å². The molecule has 1 aromatic carbocycles. The van der Waals surface area contributed by atoms with E-state index in [4.69, 9.17) is 12.2 Å². The standard InChI is InChI=1S/C14H20N2O2S/c1-2-3-4-5-12-16-19(17,18)14-8-6-13(7-9-14)10-11-15/h1,6-9,16H,3-5,10-12,15H2. The first-order valence-electron chi connectivity index (χ1n) is 6.32. The van der Waals surface area contributed by atoms with Crippen LogP contribution in [0.2, 0.25) is 0 Å². The maximum atomic E-state index is 12.0. The summed E-state index contributed by atoms with van der Waals surface area (Å²) >= 11 is 0. The number of hydrogen-bond acceptors (Lipinski definition) is 3. The minimum atomic E-state index is -3.41. The highest BCUT2D eigenvalue weighted by Gasteiger charge is 2.12. The lowest BCUT2D eigenvalue weighted by Crippen LogP contribution is -2.24. The van der Waals surface area contributed by atoms with Crippen LogP contribution in [0.1, 0.15) is 24.8 Å². The Hall–Kier alpha value is -1.35. The second kappa shape index (κ2) is 7.95. The van der Waals surface area contributed by atoms with E-state index >= 15 is 0 Å². The van der Waals surface area contributed by atoms with Gasteiger partial charge in [-0.1, -0.05) is 12.1 Å². The molecular weight excluding hydrogens is 260 g/mol. The highest BCUT2D eigenvalue weighted by molar-refractivity contribution is 7.89. The van der Waals surface area contributed by atoms with E-state index in [1.54, 1.807) is 24.3 Å². The lowest BCUT2D eigenvalue weighted by molar-refractivity contribution is 0.577. The molecule has 0 aliphatic carbocycles. The van der Waals surface area contributed by atoms with E-state index in [0.29, 0.717) is 19.5 Å². The van der Waals surface area contributed by atoms with Crippen molar-refractivity contribution in [3.63, 3.8) is 0 Å². The summed E-state index contributed by atoms with van der Waals surface area (Å²) in [7, 11) is -3.41. The Bertz CT molecular complexity index is 515. The molecule has 0 unspecified atom stereocenters. The largest absolute Gasteiger partial charge is 0.330 e. The minimum Gasteiger partial charge on any atom is -0.330 e. The second-order valence-electron chi connectivity index (χ2n) is 4.24. The highest BCUT2D eigenvalue weighted by atomic mass is 32.2. The predicted octanol–water partition coefficient (Wildman–Crippen LogP) is 1.27. The molecule has 0 heterocycles. The van der Waals surface area contributed by atoms with Crippen LogP contribution in [0.3, 0.4) is 0 Å². The summed E-state index contributed by atoms with van der Waals surface area (Å²) in [6, 6.07) is 6.79. The van der Waals surface area contributed by atoms with Gasteiger partial charge in [-0.05, 0) is 43.5 Å². The molecule has 5 heteroatoms. The lowest BCUT2D eigenvalue weighted by atomic mass is 10.2. The van der Waals surface area contributed by atoms with Crippen molar-refractivity contribution in [3.8, 4) is 12.3 Å². The molecule has 4 nitrogen and oxygen atoms in total. The molecule has 0 amide bonds. The molecule has 0 saturated carbocycles. The van der Waals surface area contributed by atoms with Crippen LogP contribution in [0.25, 0.3) is 0 Å². The fourth-order valence-corrected chi connectivity index (χ4v) is 2.72. The molecule has 0 saturated heterocycles. The summed E-state index contributed by atoms with van der Waals surface area (Å²) in [6.45, 7) is 0.966. The van der Waals surface area contributed by atoms with Crippen molar-refractivity contribution in [2.75, 3.05) is 13.1 Å². The van der Waals surface area contributed by atoms with Gasteiger partial charge >= 0.3 is 0 Å². The molecule has 0 atom stereocenters. The van der Waals surface area contributed by atoms with Gasteiger partial charge in [0.2, 0.25) is 10.0 Å². The van der Waals surface area contributed by atoms with E-state index in [2.05, 4.69) is 10.6 Å². The predicted molar refractivity (Wildman–Crippen MR) is 77.1 cm³/mol. The van der Waals surface area contributed by atoms with Crippen molar-refractivity contribution in [3.05, 3.63) is 29.8 Å². The fourth-order valence-electron chi connectivity index (χ4n) is 1.64. The molecule has 1 rings (SSSR count). The molecule has 0 aliphatic rings. The van der Waals surface area contributed by atoms with Crippen molar-refractivity contribution >= 4 is 10.0 Å². The number of terminal acetylenes is 1. The van der Waals surface area contributed by atoms with Crippen molar-refractivity contribution in [1.29, 1.82) is 0 Å². The van der Waals surface area contributed by atoms with Crippen LogP contribution in [-0.2, 0) is 16.4 Å². The zero-order valence-electron chi connectivity index (χ0n) is 10.9. The summed E-state index contributed by atoms with van der Waals surface area (Å²) in [6.07, 6.45) is 8.13. The van der Waals surface area contributed by atoms with Gasteiger partial charge in [0.1, 0.15) is 0 Å². The van der Waals surface area contributed by atoms with Gasteiger partial charge in [0.25, 0.3) is 0 Å². The lowest BCUT2D eigenvalue weighted by Gasteiger charge is -2.07. The van der Waals surface area contributed by atoms with Crippen molar-refractivity contribution < 1.29 is 8.42 Å². The molecule has 1 aromatic rings. The molecule has 0 aromatic heterocycles. The maximum absolute atomic E-state index is 12.0. The van der Waals surface area contributed by atoms with Gasteiger partial charge in [-0.15, -0.1) is 12.3 Å². The number of rotatable bonds is 8. The Morgan fingerprint density at radius 1 is 1.21 bits per heavy atom. The fraction of sp³-hybridized carbons (Fsp3) is 0.429. The molecule has 0 radical (unpaired) electrons. The van der Waals surface area contributed by atoms with Crippen LogP contribution in [0.5, 0.6) is 0 Å². The molecule has 3 N–H and O–H groups in total. The summed E-state index contributed by atoms with van der Waals surface area (Å²) < 4.78 is 26.5. The van der Waals surface area contributed by atoms with Crippen LogP contribution >= 0.6 is 0 Å². The van der Waals surface area contributed by atoms with E-state index in [1.165, 1.54) is 0 Å². The molecule has 0 fully saturated rings. The molecule has 104 valence electrons. The van der Waals surface area contributed by atoms with Gasteiger partial charge in [0.05, 0.1) is 4.90 Å². The van der Waals surface area contributed by atoms with Gasteiger partial charge in [-0.25, -0.2) is 13.1 Å². The summed E-state index contributed by atoms with van der Waals surface area (Å²) in [5, 5.41) is 0. The van der Waals surface area contributed by atoms with Crippen LogP contribution in [0, 0.1) is 12.3 Å². The smallest absolute Gasteiger partial charge is 0.240 e. The number of hydrogen-bond donors (Lipinski definition) is 2. The van der Waals surface area contributed by atoms with Gasteiger partial charge in [-0.2, -0.15) is 0 Å². The zero-order chi connectivity index (χ0) is 14.1. The number of nitrogens with two attached hydrogens (primary N) is 1. The Labute approximate surface area is 115 Å². The molecule has 0 spiro atoms. The van der Waals surface area contributed by atoms with Gasteiger partial charge in [0, 0.05) is 13.0 Å². The van der Waals surface area contributed by atoms with Crippen LogP contribution in [-0.4, -0.2) is 21.5 Å². The SMILES string of the molecule is C#CCCCCNS(=O)(=O)c1ccc(CCN)cc1. The number of unbranched alkanes of at least 4 members (excludes halogenated alkanes) is 2. The topological polar surface area (TPSA) is 72.2 Å². The van der Waals surface area contributed by atoms with Crippen molar-refractivity contribution in [2.45, 2.75) is 30.6 Å². The Kier molecular flexibility index (Phi) is 6.57. The van der Waals surface area contributed by atoms with E-state index < -0.39 is 10.0 Å². The normalized spacial score (nSPS) is 11.2. The third-order valence-electron chi connectivity index (χ3n) is 2.71. The van der Waals surface area contributed by atoms with Crippen LogP contribution < -0.4 is 10.5 Å². The van der Waals surface area contributed by atoms with Crippen LogP contribution in [0.15, 0.2) is 29.2 Å². The first-order valence-corrected chi connectivity index (χ1v) is 7.80. The highest BCUT2D eigenvalue weighted by Crippen LogP contribution is 2.10. The Morgan fingerprint density at radius 3 is 2.47 bits per heavy atom. The quantitative estimate of drug-likeness (QED) is 0.556. The third-order valence-corrected chi connectivity index (χ3v) is 4.18. The number of nitrogens with one attached hydrogen (secondary N) is 1. The second-order valence-corrected chi connectivity index (χ2v) is 6.01. The van der Waals surface area contributed by atoms with Crippen LogP contribution in [0.4, 0.5) is 0 Å². The maximum Gasteiger partial charge on any atom is 0.240 e. The van der Waals surface area contributed by atoms with E-state index in [0.717, 1.165) is 24.8 Å². The zero-order valence-corrected chi connectivity index (χ0v) is 11.7.